The van der Waals surface area contributed by atoms with Gasteiger partial charge in [0.15, 0.2) is 0 Å². The Morgan fingerprint density at radius 3 is 2.24 bits per heavy atom. The Hall–Kier alpha value is -1.91. The van der Waals surface area contributed by atoms with Crippen LogP contribution in [0.4, 0.5) is 5.95 Å². The fourth-order valence-corrected chi connectivity index (χ4v) is 2.79. The second-order valence-electron chi connectivity index (χ2n) is 6.41. The lowest BCUT2D eigenvalue weighted by molar-refractivity contribution is 0.408. The van der Waals surface area contributed by atoms with Crippen LogP contribution in [0.5, 0.6) is 0 Å². The number of anilines is 1. The van der Waals surface area contributed by atoms with Crippen molar-refractivity contribution in [2.24, 2.45) is 5.41 Å². The number of hydrogen-bond donors (Lipinski definition) is 1. The van der Waals surface area contributed by atoms with Crippen LogP contribution in [-0.4, -0.2) is 26.3 Å². The lowest BCUT2D eigenvalue weighted by Crippen LogP contribution is -2.23. The van der Waals surface area contributed by atoms with Gasteiger partial charge in [0.05, 0.1) is 5.69 Å². The third-order valence-electron chi connectivity index (χ3n) is 4.15. The number of rotatable bonds is 5. The van der Waals surface area contributed by atoms with E-state index < -0.39 is 0 Å². The largest absolute Gasteiger partial charge is 0.354 e. The van der Waals surface area contributed by atoms with Crippen molar-refractivity contribution in [3.63, 3.8) is 0 Å². The SMILES string of the molecule is Cc1cc(C)nc(NCC2(Cn3nc(C)cc3C)CC2)n1. The molecule has 0 unspecified atom stereocenters. The van der Waals surface area contributed by atoms with Gasteiger partial charge in [-0.05, 0) is 52.7 Å². The summed E-state index contributed by atoms with van der Waals surface area (Å²) < 4.78 is 2.13. The van der Waals surface area contributed by atoms with Crippen molar-refractivity contribution in [3.8, 4) is 0 Å². The Balaban J connectivity index is 1.65. The van der Waals surface area contributed by atoms with E-state index in [1.165, 1.54) is 18.5 Å². The van der Waals surface area contributed by atoms with Gasteiger partial charge in [-0.25, -0.2) is 9.97 Å². The molecule has 112 valence electrons. The summed E-state index contributed by atoms with van der Waals surface area (Å²) in [6.07, 6.45) is 2.48. The minimum absolute atomic E-state index is 0.310. The molecule has 3 rings (SSSR count). The highest BCUT2D eigenvalue weighted by Gasteiger charge is 2.43. The number of nitrogens with zero attached hydrogens (tertiary/aromatic N) is 4. The van der Waals surface area contributed by atoms with Gasteiger partial charge in [-0.15, -0.1) is 0 Å². The Morgan fingerprint density at radius 1 is 1.05 bits per heavy atom. The molecule has 21 heavy (non-hydrogen) atoms. The summed E-state index contributed by atoms with van der Waals surface area (Å²) in [5, 5.41) is 7.99. The molecule has 1 N–H and O–H groups in total. The van der Waals surface area contributed by atoms with Crippen molar-refractivity contribution >= 4 is 5.95 Å². The first kappa shape index (κ1) is 14.0. The predicted octanol–water partition coefficient (Wildman–Crippen LogP) is 2.80. The van der Waals surface area contributed by atoms with Crippen LogP contribution >= 0.6 is 0 Å². The summed E-state index contributed by atoms with van der Waals surface area (Å²) in [6, 6.07) is 4.13. The van der Waals surface area contributed by atoms with E-state index in [0.29, 0.717) is 5.41 Å². The number of aromatic nitrogens is 4. The average molecular weight is 285 g/mol. The minimum atomic E-state index is 0.310. The first-order valence-electron chi connectivity index (χ1n) is 7.53. The predicted molar refractivity (Wildman–Crippen MR) is 83.4 cm³/mol. The minimum Gasteiger partial charge on any atom is -0.354 e. The fraction of sp³-hybridized carbons (Fsp3) is 0.562. The topological polar surface area (TPSA) is 55.6 Å². The molecule has 1 aliphatic carbocycles. The Morgan fingerprint density at radius 2 is 1.71 bits per heavy atom. The zero-order chi connectivity index (χ0) is 15.0. The normalized spacial score (nSPS) is 16.0. The summed E-state index contributed by atoms with van der Waals surface area (Å²) in [4.78, 5) is 8.90. The van der Waals surface area contributed by atoms with Crippen LogP contribution < -0.4 is 5.32 Å². The first-order valence-corrected chi connectivity index (χ1v) is 7.53. The second kappa shape index (κ2) is 5.13. The van der Waals surface area contributed by atoms with Crippen LogP contribution in [0.2, 0.25) is 0 Å². The molecule has 0 saturated heterocycles. The van der Waals surface area contributed by atoms with Gasteiger partial charge >= 0.3 is 0 Å². The van der Waals surface area contributed by atoms with Crippen molar-refractivity contribution in [3.05, 3.63) is 34.9 Å². The highest BCUT2D eigenvalue weighted by atomic mass is 15.3. The molecule has 0 aliphatic heterocycles. The summed E-state index contributed by atoms with van der Waals surface area (Å²) in [5.41, 5.74) is 4.65. The maximum atomic E-state index is 4.58. The van der Waals surface area contributed by atoms with Crippen LogP contribution in [0.15, 0.2) is 12.1 Å². The number of aryl methyl sites for hydroxylation is 4. The molecule has 1 aliphatic rings. The third kappa shape index (κ3) is 3.23. The molecule has 2 aromatic rings. The standard InChI is InChI=1S/C16H23N5/c1-11-7-12(2)19-15(18-11)17-9-16(5-6-16)10-21-14(4)8-13(3)20-21/h7-8H,5-6,9-10H2,1-4H3,(H,17,18,19). The van der Waals surface area contributed by atoms with Crippen LogP contribution in [0.1, 0.15) is 35.6 Å². The molecule has 0 amide bonds. The van der Waals surface area contributed by atoms with Crippen molar-refractivity contribution in [1.29, 1.82) is 0 Å². The van der Waals surface area contributed by atoms with Crippen LogP contribution in [-0.2, 0) is 6.54 Å². The molecule has 0 atom stereocenters. The maximum absolute atomic E-state index is 4.58. The van der Waals surface area contributed by atoms with Gasteiger partial charge in [-0.2, -0.15) is 5.10 Å². The van der Waals surface area contributed by atoms with Crippen LogP contribution in [0.25, 0.3) is 0 Å². The summed E-state index contributed by atoms with van der Waals surface area (Å²) in [6.45, 7) is 10.1. The van der Waals surface area contributed by atoms with Gasteiger partial charge in [-0.1, -0.05) is 0 Å². The Labute approximate surface area is 125 Å². The lowest BCUT2D eigenvalue weighted by atomic mass is 10.1. The fourth-order valence-electron chi connectivity index (χ4n) is 2.79. The van der Waals surface area contributed by atoms with E-state index in [1.807, 2.05) is 26.8 Å². The van der Waals surface area contributed by atoms with Gasteiger partial charge in [0.1, 0.15) is 0 Å². The smallest absolute Gasteiger partial charge is 0.223 e. The number of hydrogen-bond acceptors (Lipinski definition) is 4. The molecule has 2 heterocycles. The Bertz CT molecular complexity index is 634. The van der Waals surface area contributed by atoms with Crippen LogP contribution in [0, 0.1) is 33.1 Å². The molecule has 1 saturated carbocycles. The zero-order valence-electron chi connectivity index (χ0n) is 13.3. The summed E-state index contributed by atoms with van der Waals surface area (Å²) >= 11 is 0. The molecule has 0 bridgehead atoms. The highest BCUT2D eigenvalue weighted by molar-refractivity contribution is 5.28. The molecule has 0 spiro atoms. The molecule has 0 aromatic carbocycles. The zero-order valence-corrected chi connectivity index (χ0v) is 13.3. The van der Waals surface area contributed by atoms with Crippen molar-refractivity contribution in [2.75, 3.05) is 11.9 Å². The van der Waals surface area contributed by atoms with E-state index in [9.17, 15) is 0 Å². The lowest BCUT2D eigenvalue weighted by Gasteiger charge is -2.17. The summed E-state index contributed by atoms with van der Waals surface area (Å²) in [5.74, 6) is 0.743. The molecular formula is C16H23N5. The molecule has 5 nitrogen and oxygen atoms in total. The van der Waals surface area contributed by atoms with Crippen molar-refractivity contribution in [2.45, 2.75) is 47.1 Å². The monoisotopic (exact) mass is 285 g/mol. The van der Waals surface area contributed by atoms with E-state index in [-0.39, 0.29) is 0 Å². The van der Waals surface area contributed by atoms with Gasteiger partial charge < -0.3 is 5.32 Å². The first-order chi connectivity index (χ1) is 9.96. The Kier molecular flexibility index (Phi) is 3.43. The van der Waals surface area contributed by atoms with E-state index in [0.717, 1.165) is 36.1 Å². The highest BCUT2D eigenvalue weighted by Crippen LogP contribution is 2.47. The quantitative estimate of drug-likeness (QED) is 0.918. The van der Waals surface area contributed by atoms with E-state index >= 15 is 0 Å². The van der Waals surface area contributed by atoms with Gasteiger partial charge in [0, 0.05) is 35.6 Å². The molecule has 5 heteroatoms. The van der Waals surface area contributed by atoms with Crippen molar-refractivity contribution < 1.29 is 0 Å². The second-order valence-corrected chi connectivity index (χ2v) is 6.41. The average Bonchev–Trinajstić information content (AvgIpc) is 3.07. The molecule has 0 radical (unpaired) electrons. The van der Waals surface area contributed by atoms with E-state index in [2.05, 4.69) is 38.1 Å². The molecule has 2 aromatic heterocycles. The molecule has 1 fully saturated rings. The van der Waals surface area contributed by atoms with Crippen LogP contribution in [0.3, 0.4) is 0 Å². The maximum Gasteiger partial charge on any atom is 0.223 e. The van der Waals surface area contributed by atoms with Gasteiger partial charge in [0.25, 0.3) is 0 Å². The summed E-state index contributed by atoms with van der Waals surface area (Å²) in [7, 11) is 0. The van der Waals surface area contributed by atoms with Gasteiger partial charge in [-0.3, -0.25) is 4.68 Å². The third-order valence-corrected chi connectivity index (χ3v) is 4.15. The van der Waals surface area contributed by atoms with Crippen molar-refractivity contribution in [1.82, 2.24) is 19.7 Å². The number of nitrogens with one attached hydrogen (secondary N) is 1. The van der Waals surface area contributed by atoms with E-state index in [1.54, 1.807) is 0 Å². The molecular weight excluding hydrogens is 262 g/mol. The van der Waals surface area contributed by atoms with Gasteiger partial charge in [0.2, 0.25) is 5.95 Å². The van der Waals surface area contributed by atoms with E-state index in [4.69, 9.17) is 0 Å².